The van der Waals surface area contributed by atoms with E-state index in [2.05, 4.69) is 20.7 Å². The summed E-state index contributed by atoms with van der Waals surface area (Å²) in [6.45, 7) is 0. The number of aromatic hydroxyl groups is 1. The zero-order chi connectivity index (χ0) is 10.9. The number of alkyl halides is 3. The van der Waals surface area contributed by atoms with Gasteiger partial charge in [0.15, 0.2) is 5.75 Å². The second-order valence-corrected chi connectivity index (χ2v) is 3.55. The summed E-state index contributed by atoms with van der Waals surface area (Å²) in [7, 11) is 0. The van der Waals surface area contributed by atoms with Gasteiger partial charge in [-0.2, -0.15) is 0 Å². The number of phenols is 1. The highest BCUT2D eigenvalue weighted by atomic mass is 79.9. The maximum atomic E-state index is 11.8. The van der Waals surface area contributed by atoms with Crippen LogP contribution in [-0.4, -0.2) is 11.5 Å². The maximum absolute atomic E-state index is 11.8. The number of halogens is 5. The summed E-state index contributed by atoms with van der Waals surface area (Å²) in [6, 6.07) is 2.00. The first-order valence-electron chi connectivity index (χ1n) is 3.23. The molecular formula is C7H3BrClF3O2. The quantitative estimate of drug-likeness (QED) is 0.855. The van der Waals surface area contributed by atoms with Crippen LogP contribution < -0.4 is 4.74 Å². The summed E-state index contributed by atoms with van der Waals surface area (Å²) >= 11 is 8.21. The van der Waals surface area contributed by atoms with E-state index < -0.39 is 12.1 Å². The minimum absolute atomic E-state index is 0.0696. The molecule has 0 aliphatic heterocycles. The molecule has 1 N–H and O–H groups in total. The van der Waals surface area contributed by atoms with Crippen molar-refractivity contribution in [2.75, 3.05) is 0 Å². The first-order chi connectivity index (χ1) is 6.29. The number of ether oxygens (including phenoxy) is 1. The Labute approximate surface area is 90.4 Å². The summed E-state index contributed by atoms with van der Waals surface area (Å²) in [5.41, 5.74) is 0. The van der Waals surface area contributed by atoms with E-state index in [1.807, 2.05) is 0 Å². The minimum atomic E-state index is -4.82. The zero-order valence-corrected chi connectivity index (χ0v) is 8.74. The molecule has 0 bridgehead atoms. The molecule has 0 radical (unpaired) electrons. The van der Waals surface area contributed by atoms with Gasteiger partial charge in [0.2, 0.25) is 0 Å². The van der Waals surface area contributed by atoms with Crippen molar-refractivity contribution in [2.24, 2.45) is 0 Å². The van der Waals surface area contributed by atoms with Gasteiger partial charge in [-0.3, -0.25) is 0 Å². The van der Waals surface area contributed by atoms with Crippen molar-refractivity contribution in [1.82, 2.24) is 0 Å². The number of hydrogen-bond acceptors (Lipinski definition) is 2. The lowest BCUT2D eigenvalue weighted by molar-refractivity contribution is -0.274. The highest BCUT2D eigenvalue weighted by Crippen LogP contribution is 2.39. The van der Waals surface area contributed by atoms with Crippen molar-refractivity contribution < 1.29 is 23.0 Å². The van der Waals surface area contributed by atoms with Gasteiger partial charge in [0, 0.05) is 6.07 Å². The Kier molecular flexibility index (Phi) is 3.16. The molecule has 1 rings (SSSR count). The van der Waals surface area contributed by atoms with Crippen LogP contribution >= 0.6 is 27.5 Å². The summed E-state index contributed by atoms with van der Waals surface area (Å²) in [6.07, 6.45) is -4.82. The van der Waals surface area contributed by atoms with Gasteiger partial charge in [-0.25, -0.2) is 0 Å². The van der Waals surface area contributed by atoms with Crippen molar-refractivity contribution in [3.05, 3.63) is 21.6 Å². The Morgan fingerprint density at radius 1 is 1.36 bits per heavy atom. The lowest BCUT2D eigenvalue weighted by atomic mass is 10.3. The maximum Gasteiger partial charge on any atom is 0.573 e. The predicted octanol–water partition coefficient (Wildman–Crippen LogP) is 3.71. The molecule has 0 aromatic heterocycles. The summed E-state index contributed by atoms with van der Waals surface area (Å²) < 4.78 is 39.1. The summed E-state index contributed by atoms with van der Waals surface area (Å²) in [4.78, 5) is 0. The van der Waals surface area contributed by atoms with Crippen LogP contribution in [0.4, 0.5) is 13.2 Å². The molecule has 0 spiro atoms. The second kappa shape index (κ2) is 3.86. The number of hydrogen-bond donors (Lipinski definition) is 1. The average Bonchev–Trinajstić information content (AvgIpc) is 1.95. The van der Waals surface area contributed by atoms with E-state index in [-0.39, 0.29) is 15.2 Å². The highest BCUT2D eigenvalue weighted by Gasteiger charge is 2.33. The molecule has 0 heterocycles. The van der Waals surface area contributed by atoms with E-state index in [9.17, 15) is 13.2 Å². The molecule has 2 nitrogen and oxygen atoms in total. The van der Waals surface area contributed by atoms with Crippen molar-refractivity contribution in [3.63, 3.8) is 0 Å². The first kappa shape index (κ1) is 11.5. The molecule has 1 aromatic rings. The average molecular weight is 291 g/mol. The normalized spacial score (nSPS) is 11.5. The number of phenolic OH excluding ortho intramolecular Hbond substituents is 1. The van der Waals surface area contributed by atoms with Gasteiger partial charge in [0.05, 0.1) is 9.50 Å². The van der Waals surface area contributed by atoms with Gasteiger partial charge in [-0.15, -0.1) is 13.2 Å². The third-order valence-corrected chi connectivity index (χ3v) is 2.07. The van der Waals surface area contributed by atoms with Crippen molar-refractivity contribution in [2.45, 2.75) is 6.36 Å². The van der Waals surface area contributed by atoms with Gasteiger partial charge in [-0.05, 0) is 22.0 Å². The first-order valence-corrected chi connectivity index (χ1v) is 4.40. The summed E-state index contributed by atoms with van der Waals surface area (Å²) in [5.74, 6) is -0.826. The molecule has 7 heteroatoms. The van der Waals surface area contributed by atoms with E-state index in [4.69, 9.17) is 16.7 Å². The molecule has 14 heavy (non-hydrogen) atoms. The van der Waals surface area contributed by atoms with Crippen LogP contribution in [0.5, 0.6) is 11.5 Å². The van der Waals surface area contributed by atoms with E-state index in [0.717, 1.165) is 12.1 Å². The molecular weight excluding hydrogens is 288 g/mol. The Bertz CT molecular complexity index is 330. The minimum Gasteiger partial charge on any atom is -0.508 e. The van der Waals surface area contributed by atoms with E-state index in [0.29, 0.717) is 0 Å². The number of benzene rings is 1. The van der Waals surface area contributed by atoms with Gasteiger partial charge in [-0.1, -0.05) is 11.6 Å². The topological polar surface area (TPSA) is 29.5 Å². The fourth-order valence-electron chi connectivity index (χ4n) is 0.760. The monoisotopic (exact) mass is 290 g/mol. The molecule has 0 fully saturated rings. The largest absolute Gasteiger partial charge is 0.573 e. The standard InChI is InChI=1S/C7H3BrClF3O2/c8-4-1-3(13)2-5(9)6(4)14-7(10,11)12/h1-2,13H. The van der Waals surface area contributed by atoms with Crippen molar-refractivity contribution >= 4 is 27.5 Å². The molecule has 0 atom stereocenters. The van der Waals surface area contributed by atoms with Gasteiger partial charge >= 0.3 is 6.36 Å². The van der Waals surface area contributed by atoms with Gasteiger partial charge < -0.3 is 9.84 Å². The van der Waals surface area contributed by atoms with Crippen molar-refractivity contribution in [1.29, 1.82) is 0 Å². The van der Waals surface area contributed by atoms with E-state index >= 15 is 0 Å². The third-order valence-electron chi connectivity index (χ3n) is 1.20. The third kappa shape index (κ3) is 2.95. The molecule has 0 unspecified atom stereocenters. The molecule has 0 aliphatic carbocycles. The van der Waals surface area contributed by atoms with E-state index in [1.165, 1.54) is 0 Å². The lowest BCUT2D eigenvalue weighted by Crippen LogP contribution is -2.17. The van der Waals surface area contributed by atoms with Crippen LogP contribution in [0.15, 0.2) is 16.6 Å². The molecule has 0 saturated heterocycles. The van der Waals surface area contributed by atoms with Crippen LogP contribution in [0.25, 0.3) is 0 Å². The van der Waals surface area contributed by atoms with Gasteiger partial charge in [0.1, 0.15) is 5.75 Å². The Balaban J connectivity index is 3.09. The van der Waals surface area contributed by atoms with E-state index in [1.54, 1.807) is 0 Å². The smallest absolute Gasteiger partial charge is 0.508 e. The molecule has 0 saturated carbocycles. The predicted molar refractivity (Wildman–Crippen MR) is 47.5 cm³/mol. The van der Waals surface area contributed by atoms with Crippen LogP contribution in [0.1, 0.15) is 0 Å². The molecule has 1 aromatic carbocycles. The Hall–Kier alpha value is -0.620. The number of rotatable bonds is 1. The molecule has 0 aliphatic rings. The fourth-order valence-corrected chi connectivity index (χ4v) is 1.66. The second-order valence-electron chi connectivity index (χ2n) is 2.29. The fraction of sp³-hybridized carbons (Fsp3) is 0.143. The van der Waals surface area contributed by atoms with Crippen LogP contribution in [0.3, 0.4) is 0 Å². The van der Waals surface area contributed by atoms with Crippen LogP contribution in [0, 0.1) is 0 Å². The Morgan fingerprint density at radius 2 is 1.93 bits per heavy atom. The summed E-state index contributed by atoms with van der Waals surface area (Å²) in [5, 5.41) is 8.64. The highest BCUT2D eigenvalue weighted by molar-refractivity contribution is 9.10. The lowest BCUT2D eigenvalue weighted by Gasteiger charge is -2.12. The molecule has 0 amide bonds. The zero-order valence-electron chi connectivity index (χ0n) is 6.40. The van der Waals surface area contributed by atoms with Crippen LogP contribution in [0.2, 0.25) is 5.02 Å². The van der Waals surface area contributed by atoms with Gasteiger partial charge in [0.25, 0.3) is 0 Å². The molecule has 78 valence electrons. The van der Waals surface area contributed by atoms with Crippen molar-refractivity contribution in [3.8, 4) is 11.5 Å². The van der Waals surface area contributed by atoms with Crippen LogP contribution in [-0.2, 0) is 0 Å². The SMILES string of the molecule is Oc1cc(Cl)c(OC(F)(F)F)c(Br)c1. The Morgan fingerprint density at radius 3 is 2.36 bits per heavy atom.